The summed E-state index contributed by atoms with van der Waals surface area (Å²) in [6.07, 6.45) is 0. The Kier molecular flexibility index (Phi) is 3.82. The van der Waals surface area contributed by atoms with Gasteiger partial charge in [-0.3, -0.25) is 0 Å². The molecule has 2 rings (SSSR count). The van der Waals surface area contributed by atoms with Crippen molar-refractivity contribution in [2.45, 2.75) is 12.8 Å². The van der Waals surface area contributed by atoms with Crippen LogP contribution in [0, 0.1) is 6.92 Å². The molecule has 0 bridgehead atoms. The Morgan fingerprint density at radius 1 is 1.06 bits per heavy atom. The molecule has 0 spiro atoms. The molecule has 0 saturated carbocycles. The molecule has 0 fully saturated rings. The number of rotatable bonds is 3. The monoisotopic (exact) mass is 245 g/mol. The van der Waals surface area contributed by atoms with Crippen molar-refractivity contribution in [3.8, 4) is 0 Å². The molecule has 0 aliphatic heterocycles. The minimum atomic E-state index is 0.217. The number of halogens is 1. The fourth-order valence-corrected chi connectivity index (χ4v) is 2.19. The first-order valence-electron chi connectivity index (χ1n) is 5.73. The molecule has 2 heteroatoms. The standard InChI is InChI=1S/C15H16ClN/c1-11-5-7-12(8-6-11)15(10-17)13-3-2-4-14(16)9-13/h2-9,15H,10,17H2,1H3. The smallest absolute Gasteiger partial charge is 0.0408 e. The Balaban J connectivity index is 2.36. The highest BCUT2D eigenvalue weighted by molar-refractivity contribution is 6.30. The predicted molar refractivity (Wildman–Crippen MR) is 73.5 cm³/mol. The third-order valence-corrected chi connectivity index (χ3v) is 3.20. The Labute approximate surface area is 107 Å². The fourth-order valence-electron chi connectivity index (χ4n) is 1.99. The van der Waals surface area contributed by atoms with E-state index in [1.165, 1.54) is 16.7 Å². The van der Waals surface area contributed by atoms with Gasteiger partial charge in [0.2, 0.25) is 0 Å². The summed E-state index contributed by atoms with van der Waals surface area (Å²) in [5.74, 6) is 0.217. The average Bonchev–Trinajstić information content (AvgIpc) is 2.33. The highest BCUT2D eigenvalue weighted by Gasteiger charge is 2.12. The zero-order valence-electron chi connectivity index (χ0n) is 9.86. The van der Waals surface area contributed by atoms with E-state index in [0.29, 0.717) is 6.54 Å². The molecule has 1 atom stereocenters. The van der Waals surface area contributed by atoms with E-state index in [-0.39, 0.29) is 5.92 Å². The van der Waals surface area contributed by atoms with Crippen molar-refractivity contribution in [3.63, 3.8) is 0 Å². The molecule has 0 saturated heterocycles. The van der Waals surface area contributed by atoms with Gasteiger partial charge < -0.3 is 5.73 Å². The van der Waals surface area contributed by atoms with Crippen molar-refractivity contribution in [3.05, 3.63) is 70.2 Å². The van der Waals surface area contributed by atoms with Crippen molar-refractivity contribution in [1.82, 2.24) is 0 Å². The van der Waals surface area contributed by atoms with Gasteiger partial charge in [0.05, 0.1) is 0 Å². The summed E-state index contributed by atoms with van der Waals surface area (Å²) in [7, 11) is 0. The van der Waals surface area contributed by atoms with Crippen LogP contribution in [0.3, 0.4) is 0 Å². The normalized spacial score (nSPS) is 12.4. The quantitative estimate of drug-likeness (QED) is 0.876. The molecular formula is C15H16ClN. The van der Waals surface area contributed by atoms with E-state index in [4.69, 9.17) is 17.3 Å². The van der Waals surface area contributed by atoms with Crippen LogP contribution < -0.4 is 5.73 Å². The minimum Gasteiger partial charge on any atom is -0.330 e. The van der Waals surface area contributed by atoms with Gasteiger partial charge in [0.25, 0.3) is 0 Å². The summed E-state index contributed by atoms with van der Waals surface area (Å²) in [4.78, 5) is 0. The zero-order chi connectivity index (χ0) is 12.3. The molecule has 0 aromatic heterocycles. The molecular weight excluding hydrogens is 230 g/mol. The maximum Gasteiger partial charge on any atom is 0.0408 e. The first kappa shape index (κ1) is 12.2. The summed E-state index contributed by atoms with van der Waals surface area (Å²) in [6, 6.07) is 16.4. The van der Waals surface area contributed by atoms with E-state index >= 15 is 0 Å². The molecule has 17 heavy (non-hydrogen) atoms. The van der Waals surface area contributed by atoms with Crippen LogP contribution in [-0.4, -0.2) is 6.54 Å². The lowest BCUT2D eigenvalue weighted by molar-refractivity contribution is 0.819. The van der Waals surface area contributed by atoms with Crippen molar-refractivity contribution >= 4 is 11.6 Å². The lowest BCUT2D eigenvalue weighted by Gasteiger charge is -2.16. The first-order chi connectivity index (χ1) is 8.20. The van der Waals surface area contributed by atoms with Crippen LogP contribution in [0.2, 0.25) is 5.02 Å². The third-order valence-electron chi connectivity index (χ3n) is 2.97. The molecule has 2 aromatic rings. The summed E-state index contributed by atoms with van der Waals surface area (Å²) in [5, 5.41) is 0.757. The summed E-state index contributed by atoms with van der Waals surface area (Å²) in [6.45, 7) is 2.67. The van der Waals surface area contributed by atoms with Crippen molar-refractivity contribution in [2.75, 3.05) is 6.54 Å². The molecule has 88 valence electrons. The Bertz CT molecular complexity index is 491. The van der Waals surface area contributed by atoms with Crippen LogP contribution in [0.15, 0.2) is 48.5 Å². The topological polar surface area (TPSA) is 26.0 Å². The second-order valence-electron chi connectivity index (χ2n) is 4.25. The molecule has 0 radical (unpaired) electrons. The molecule has 0 aliphatic carbocycles. The Morgan fingerprint density at radius 3 is 2.35 bits per heavy atom. The van der Waals surface area contributed by atoms with E-state index in [0.717, 1.165) is 5.02 Å². The van der Waals surface area contributed by atoms with E-state index in [9.17, 15) is 0 Å². The Morgan fingerprint density at radius 2 is 1.76 bits per heavy atom. The lowest BCUT2D eigenvalue weighted by Crippen LogP contribution is -2.13. The fraction of sp³-hybridized carbons (Fsp3) is 0.200. The van der Waals surface area contributed by atoms with E-state index in [1.54, 1.807) is 0 Å². The maximum atomic E-state index is 6.02. The van der Waals surface area contributed by atoms with E-state index in [1.807, 2.05) is 18.2 Å². The highest BCUT2D eigenvalue weighted by Crippen LogP contribution is 2.25. The largest absolute Gasteiger partial charge is 0.330 e. The van der Waals surface area contributed by atoms with Gasteiger partial charge in [0, 0.05) is 17.5 Å². The zero-order valence-corrected chi connectivity index (χ0v) is 10.6. The van der Waals surface area contributed by atoms with Gasteiger partial charge in [0.15, 0.2) is 0 Å². The molecule has 2 aromatic carbocycles. The van der Waals surface area contributed by atoms with Crippen LogP contribution in [0.25, 0.3) is 0 Å². The van der Waals surface area contributed by atoms with Gasteiger partial charge >= 0.3 is 0 Å². The number of hydrogen-bond acceptors (Lipinski definition) is 1. The first-order valence-corrected chi connectivity index (χ1v) is 6.10. The third kappa shape index (κ3) is 2.87. The van der Waals surface area contributed by atoms with Crippen molar-refractivity contribution < 1.29 is 0 Å². The van der Waals surface area contributed by atoms with Crippen LogP contribution in [-0.2, 0) is 0 Å². The minimum absolute atomic E-state index is 0.217. The number of hydrogen-bond donors (Lipinski definition) is 1. The van der Waals surface area contributed by atoms with Crippen molar-refractivity contribution in [2.24, 2.45) is 5.73 Å². The predicted octanol–water partition coefficient (Wildman–Crippen LogP) is 3.74. The molecule has 2 N–H and O–H groups in total. The molecule has 1 unspecified atom stereocenters. The van der Waals surface area contributed by atoms with Gasteiger partial charge in [0.1, 0.15) is 0 Å². The van der Waals surface area contributed by atoms with Crippen LogP contribution >= 0.6 is 11.6 Å². The van der Waals surface area contributed by atoms with Gasteiger partial charge in [-0.25, -0.2) is 0 Å². The average molecular weight is 246 g/mol. The van der Waals surface area contributed by atoms with E-state index < -0.39 is 0 Å². The van der Waals surface area contributed by atoms with Gasteiger partial charge in [-0.2, -0.15) is 0 Å². The molecule has 0 aliphatic rings. The van der Waals surface area contributed by atoms with Crippen LogP contribution in [0.4, 0.5) is 0 Å². The second kappa shape index (κ2) is 5.35. The number of aryl methyl sites for hydroxylation is 1. The van der Waals surface area contributed by atoms with Gasteiger partial charge in [-0.05, 0) is 30.2 Å². The second-order valence-corrected chi connectivity index (χ2v) is 4.69. The number of nitrogens with two attached hydrogens (primary N) is 1. The molecule has 0 heterocycles. The Hall–Kier alpha value is -1.31. The summed E-state index contributed by atoms with van der Waals surface area (Å²) in [5.41, 5.74) is 9.55. The SMILES string of the molecule is Cc1ccc(C(CN)c2cccc(Cl)c2)cc1. The molecule has 1 nitrogen and oxygen atoms in total. The lowest BCUT2D eigenvalue weighted by atomic mass is 9.91. The summed E-state index contributed by atoms with van der Waals surface area (Å²) < 4.78 is 0. The van der Waals surface area contributed by atoms with Crippen molar-refractivity contribution in [1.29, 1.82) is 0 Å². The van der Waals surface area contributed by atoms with Gasteiger partial charge in [-0.15, -0.1) is 0 Å². The number of benzene rings is 2. The summed E-state index contributed by atoms with van der Waals surface area (Å²) >= 11 is 6.02. The van der Waals surface area contributed by atoms with Crippen LogP contribution in [0.5, 0.6) is 0 Å². The van der Waals surface area contributed by atoms with Gasteiger partial charge in [-0.1, -0.05) is 53.6 Å². The molecule has 0 amide bonds. The van der Waals surface area contributed by atoms with E-state index in [2.05, 4.69) is 37.3 Å². The maximum absolute atomic E-state index is 6.02. The van der Waals surface area contributed by atoms with Crippen LogP contribution in [0.1, 0.15) is 22.6 Å². The highest BCUT2D eigenvalue weighted by atomic mass is 35.5.